The van der Waals surface area contributed by atoms with Crippen LogP contribution in [0.5, 0.6) is 0 Å². The van der Waals surface area contributed by atoms with Crippen molar-refractivity contribution < 1.29 is 23.1 Å². The van der Waals surface area contributed by atoms with Gasteiger partial charge in [-0.15, -0.1) is 0 Å². The number of carbonyl (C=O) groups is 1. The second-order valence-corrected chi connectivity index (χ2v) is 3.97. The van der Waals surface area contributed by atoms with Crippen molar-refractivity contribution in [3.8, 4) is 0 Å². The molecule has 0 saturated heterocycles. The quantitative estimate of drug-likeness (QED) is 0.882. The summed E-state index contributed by atoms with van der Waals surface area (Å²) < 4.78 is 37.4. The fraction of sp³-hybridized carbons (Fsp3) is 0.222. The van der Waals surface area contributed by atoms with Crippen molar-refractivity contribution in [2.75, 3.05) is 0 Å². The Kier molecular flexibility index (Phi) is 3.59. The van der Waals surface area contributed by atoms with E-state index in [1.807, 2.05) is 0 Å². The first-order valence-electron chi connectivity index (χ1n) is 4.08. The molecule has 0 spiro atoms. The van der Waals surface area contributed by atoms with E-state index < -0.39 is 29.3 Å². The molecule has 88 valence electrons. The van der Waals surface area contributed by atoms with Gasteiger partial charge in [0.25, 0.3) is 0 Å². The molecule has 7 heteroatoms. The Balaban J connectivity index is 3.28. The van der Waals surface area contributed by atoms with Crippen LogP contribution in [0.1, 0.15) is 22.0 Å². The van der Waals surface area contributed by atoms with E-state index in [2.05, 4.69) is 15.9 Å². The molecule has 0 aliphatic rings. The normalized spacial score (nSPS) is 13.6. The number of rotatable bonds is 2. The fourth-order valence-electron chi connectivity index (χ4n) is 1.16. The fourth-order valence-corrected chi connectivity index (χ4v) is 1.52. The van der Waals surface area contributed by atoms with Gasteiger partial charge in [-0.1, -0.05) is 22.0 Å². The molecule has 0 aliphatic heterocycles. The average Bonchev–Trinajstić information content (AvgIpc) is 2.15. The monoisotopic (exact) mass is 297 g/mol. The van der Waals surface area contributed by atoms with Gasteiger partial charge < -0.3 is 10.8 Å². The molecule has 1 aromatic carbocycles. The van der Waals surface area contributed by atoms with Crippen LogP contribution in [0.3, 0.4) is 0 Å². The summed E-state index contributed by atoms with van der Waals surface area (Å²) in [5.74, 6) is -1.45. The van der Waals surface area contributed by atoms with Gasteiger partial charge in [-0.25, -0.2) is 4.79 Å². The lowest BCUT2D eigenvalue weighted by Crippen LogP contribution is -2.30. The maximum absolute atomic E-state index is 12.3. The van der Waals surface area contributed by atoms with Crippen molar-refractivity contribution in [3.63, 3.8) is 0 Å². The zero-order valence-corrected chi connectivity index (χ0v) is 9.34. The Morgan fingerprint density at radius 3 is 2.44 bits per heavy atom. The number of nitrogens with two attached hydrogens (primary N) is 1. The number of benzene rings is 1. The summed E-state index contributed by atoms with van der Waals surface area (Å²) in [6.45, 7) is 0. The van der Waals surface area contributed by atoms with Gasteiger partial charge in [-0.3, -0.25) is 0 Å². The molecule has 0 radical (unpaired) electrons. The number of alkyl halides is 3. The van der Waals surface area contributed by atoms with Gasteiger partial charge in [0, 0.05) is 4.47 Å². The summed E-state index contributed by atoms with van der Waals surface area (Å²) >= 11 is 2.98. The number of aromatic carboxylic acids is 1. The first kappa shape index (κ1) is 13.0. The molecule has 0 heterocycles. The molecule has 0 saturated carbocycles. The molecule has 0 unspecified atom stereocenters. The van der Waals surface area contributed by atoms with Crippen molar-refractivity contribution in [1.82, 2.24) is 0 Å². The Morgan fingerprint density at radius 1 is 1.44 bits per heavy atom. The molecule has 0 aliphatic carbocycles. The Hall–Kier alpha value is -1.08. The van der Waals surface area contributed by atoms with Gasteiger partial charge in [-0.2, -0.15) is 13.2 Å². The highest BCUT2D eigenvalue weighted by Gasteiger charge is 2.39. The molecule has 1 rings (SSSR count). The van der Waals surface area contributed by atoms with Gasteiger partial charge >= 0.3 is 12.1 Å². The van der Waals surface area contributed by atoms with Gasteiger partial charge in [0.2, 0.25) is 0 Å². The van der Waals surface area contributed by atoms with Crippen LogP contribution in [0.2, 0.25) is 0 Å². The van der Waals surface area contributed by atoms with Crippen molar-refractivity contribution in [2.45, 2.75) is 12.2 Å². The van der Waals surface area contributed by atoms with Crippen molar-refractivity contribution in [1.29, 1.82) is 0 Å². The van der Waals surface area contributed by atoms with Crippen molar-refractivity contribution in [2.24, 2.45) is 5.73 Å². The lowest BCUT2D eigenvalue weighted by Gasteiger charge is -2.17. The molecular weight excluding hydrogens is 291 g/mol. The maximum Gasteiger partial charge on any atom is 0.407 e. The van der Waals surface area contributed by atoms with Crippen LogP contribution in [-0.2, 0) is 0 Å². The first-order chi connectivity index (χ1) is 7.23. The number of hydrogen-bond acceptors (Lipinski definition) is 2. The van der Waals surface area contributed by atoms with Crippen LogP contribution in [0.25, 0.3) is 0 Å². The number of carboxylic acids is 1. The molecule has 3 nitrogen and oxygen atoms in total. The van der Waals surface area contributed by atoms with Crippen LogP contribution in [0, 0.1) is 0 Å². The topological polar surface area (TPSA) is 63.3 Å². The van der Waals surface area contributed by atoms with Gasteiger partial charge in [-0.05, 0) is 17.7 Å². The third kappa shape index (κ3) is 2.73. The molecule has 0 amide bonds. The highest BCUT2D eigenvalue weighted by molar-refractivity contribution is 9.10. The van der Waals surface area contributed by atoms with Crippen LogP contribution < -0.4 is 5.73 Å². The van der Waals surface area contributed by atoms with Crippen LogP contribution in [-0.4, -0.2) is 17.3 Å². The standard InChI is InChI=1S/C9H7BrF3NO2/c10-4-1-2-5(6(3-4)8(15)16)7(14)9(11,12)13/h1-3,7H,14H2,(H,15,16)/t7-/m0/s1. The predicted octanol–water partition coefficient (Wildman–Crippen LogP) is 2.71. The van der Waals surface area contributed by atoms with E-state index in [1.165, 1.54) is 6.07 Å². The minimum Gasteiger partial charge on any atom is -0.478 e. The Bertz CT molecular complexity index is 420. The summed E-state index contributed by atoms with van der Waals surface area (Å²) in [6, 6.07) is 1.15. The molecule has 1 aromatic rings. The second kappa shape index (κ2) is 4.42. The third-order valence-electron chi connectivity index (χ3n) is 1.93. The molecule has 0 bridgehead atoms. The highest BCUT2D eigenvalue weighted by Crippen LogP contribution is 2.33. The summed E-state index contributed by atoms with van der Waals surface area (Å²) in [5, 5.41) is 8.76. The second-order valence-electron chi connectivity index (χ2n) is 3.06. The van der Waals surface area contributed by atoms with Crippen molar-refractivity contribution >= 4 is 21.9 Å². The van der Waals surface area contributed by atoms with Crippen molar-refractivity contribution in [3.05, 3.63) is 33.8 Å². The lowest BCUT2D eigenvalue weighted by atomic mass is 10.0. The SMILES string of the molecule is N[C@@H](c1ccc(Br)cc1C(=O)O)C(F)(F)F. The maximum atomic E-state index is 12.3. The van der Waals surface area contributed by atoms with E-state index in [1.54, 1.807) is 0 Å². The Labute approximate surface area is 97.2 Å². The Morgan fingerprint density at radius 2 is 2.00 bits per heavy atom. The van der Waals surface area contributed by atoms with Crippen LogP contribution >= 0.6 is 15.9 Å². The molecule has 3 N–H and O–H groups in total. The number of halogens is 4. The third-order valence-corrected chi connectivity index (χ3v) is 2.43. The summed E-state index contributed by atoms with van der Waals surface area (Å²) in [7, 11) is 0. The molecular formula is C9H7BrF3NO2. The van der Waals surface area contributed by atoms with E-state index in [9.17, 15) is 18.0 Å². The van der Waals surface area contributed by atoms with Gasteiger partial charge in [0.15, 0.2) is 0 Å². The van der Waals surface area contributed by atoms with E-state index in [4.69, 9.17) is 10.8 Å². The first-order valence-corrected chi connectivity index (χ1v) is 4.88. The summed E-state index contributed by atoms with van der Waals surface area (Å²) in [6.07, 6.45) is -4.67. The number of carboxylic acid groups (broad SMARTS) is 1. The zero-order chi connectivity index (χ0) is 12.5. The van der Waals surface area contributed by atoms with E-state index in [0.717, 1.165) is 12.1 Å². The van der Waals surface area contributed by atoms with E-state index >= 15 is 0 Å². The van der Waals surface area contributed by atoms with Gasteiger partial charge in [0.1, 0.15) is 6.04 Å². The number of hydrogen-bond donors (Lipinski definition) is 2. The lowest BCUT2D eigenvalue weighted by molar-refractivity contribution is -0.149. The molecule has 0 aromatic heterocycles. The van der Waals surface area contributed by atoms with E-state index in [0.29, 0.717) is 4.47 Å². The average molecular weight is 298 g/mol. The highest BCUT2D eigenvalue weighted by atomic mass is 79.9. The summed E-state index contributed by atoms with van der Waals surface area (Å²) in [4.78, 5) is 10.8. The molecule has 0 fully saturated rings. The largest absolute Gasteiger partial charge is 0.478 e. The molecule has 16 heavy (non-hydrogen) atoms. The minimum absolute atomic E-state index is 0.378. The zero-order valence-electron chi connectivity index (χ0n) is 7.75. The van der Waals surface area contributed by atoms with Gasteiger partial charge in [0.05, 0.1) is 5.56 Å². The summed E-state index contributed by atoms with van der Waals surface area (Å²) in [5.41, 5.74) is 4.04. The molecule has 1 atom stereocenters. The predicted molar refractivity (Wildman–Crippen MR) is 54.1 cm³/mol. The minimum atomic E-state index is -4.67. The van der Waals surface area contributed by atoms with E-state index in [-0.39, 0.29) is 0 Å². The van der Waals surface area contributed by atoms with Crippen LogP contribution in [0.4, 0.5) is 13.2 Å². The smallest absolute Gasteiger partial charge is 0.407 e. The van der Waals surface area contributed by atoms with Crippen LogP contribution in [0.15, 0.2) is 22.7 Å².